The Morgan fingerprint density at radius 3 is 2.29 bits per heavy atom. The molecule has 3 aliphatic heterocycles. The Labute approximate surface area is 319 Å². The molecule has 0 aromatic heterocycles. The second-order valence-corrected chi connectivity index (χ2v) is 18.2. The Balaban J connectivity index is 1.80. The van der Waals surface area contributed by atoms with Crippen LogP contribution in [0.15, 0.2) is 55.6 Å². The predicted molar refractivity (Wildman–Crippen MR) is 205 cm³/mol. The molecule has 3 aliphatic rings. The standard InChI is InChI=1S/C41H60BrN3O7/c1-12-14-20-30(47)43(11)26(5)33(27-18-16-15-17-19-27)51-38(50)31-32-36(48)45(29(23-46)25(3)4)35(41(32)22-28(42)34(31)52-41)37(49)44(21-13-2)40(9,10)24-39(6,7)8/h12-13,15-19,25-26,28-29,31-35,46H,1-2,14,20-24H2,3-11H3/t26-,28?,29+,31+,32-,33+,34+,35+,41-/m1/s1. The first-order valence-electron chi connectivity index (χ1n) is 18.6. The minimum absolute atomic E-state index is 0.114. The normalized spacial score (nSPS) is 27.2. The number of likely N-dealkylation sites (N-methyl/N-ethyl adjacent to an activating group) is 1. The zero-order valence-corrected chi connectivity index (χ0v) is 34.1. The summed E-state index contributed by atoms with van der Waals surface area (Å²) < 4.78 is 13.2. The van der Waals surface area contributed by atoms with Gasteiger partial charge >= 0.3 is 5.97 Å². The van der Waals surface area contributed by atoms with E-state index in [0.29, 0.717) is 24.8 Å². The van der Waals surface area contributed by atoms with Crippen molar-refractivity contribution in [3.8, 4) is 0 Å². The molecule has 1 N–H and O–H groups in total. The van der Waals surface area contributed by atoms with E-state index in [2.05, 4.69) is 49.9 Å². The first-order valence-corrected chi connectivity index (χ1v) is 19.5. The van der Waals surface area contributed by atoms with E-state index in [0.717, 1.165) is 0 Å². The van der Waals surface area contributed by atoms with E-state index in [4.69, 9.17) is 9.47 Å². The summed E-state index contributed by atoms with van der Waals surface area (Å²) in [4.78, 5) is 62.4. The molecule has 3 fully saturated rings. The van der Waals surface area contributed by atoms with Crippen LogP contribution in [0, 0.1) is 23.2 Å². The monoisotopic (exact) mass is 785 g/mol. The van der Waals surface area contributed by atoms with Crippen LogP contribution in [0.4, 0.5) is 0 Å². The minimum atomic E-state index is -1.35. The predicted octanol–water partition coefficient (Wildman–Crippen LogP) is 6.08. The first-order chi connectivity index (χ1) is 24.3. The van der Waals surface area contributed by atoms with E-state index >= 15 is 4.79 Å². The fourth-order valence-electron chi connectivity index (χ4n) is 9.02. The molecule has 11 heteroatoms. The number of ether oxygens (including phenoxy) is 2. The smallest absolute Gasteiger partial charge is 0.313 e. The SMILES string of the molecule is C=CCCC(=O)N(C)[C@H](C)[C@H](OC(=O)[C@@H]1[C@H]2O[C@@]3(CC2Br)[C@H](C(=O)N(CC=C)C(C)(C)CC(C)(C)C)N([C@@H](CO)C(C)C)C(=O)[C@@H]13)c1ccccc1. The Morgan fingerprint density at radius 2 is 1.75 bits per heavy atom. The van der Waals surface area contributed by atoms with E-state index in [1.165, 1.54) is 4.90 Å². The Morgan fingerprint density at radius 1 is 1.12 bits per heavy atom. The molecule has 9 atom stereocenters. The van der Waals surface area contributed by atoms with E-state index in [1.807, 2.05) is 65.0 Å². The molecule has 2 bridgehead atoms. The van der Waals surface area contributed by atoms with Crippen molar-refractivity contribution in [1.29, 1.82) is 0 Å². The lowest BCUT2D eigenvalue weighted by Gasteiger charge is -2.47. The summed E-state index contributed by atoms with van der Waals surface area (Å²) in [5.74, 6) is -3.69. The second-order valence-electron chi connectivity index (χ2n) is 17.0. The van der Waals surface area contributed by atoms with Crippen LogP contribution in [0.2, 0.25) is 0 Å². The number of likely N-dealkylation sites (tertiary alicyclic amines) is 1. The van der Waals surface area contributed by atoms with Gasteiger partial charge in [0, 0.05) is 30.4 Å². The third kappa shape index (κ3) is 7.92. The van der Waals surface area contributed by atoms with Crippen molar-refractivity contribution >= 4 is 39.6 Å². The quantitative estimate of drug-likeness (QED) is 0.123. The molecular formula is C41H60BrN3O7. The van der Waals surface area contributed by atoms with Gasteiger partial charge in [0.2, 0.25) is 17.7 Å². The number of fused-ring (bicyclic) bond motifs is 1. The number of benzene rings is 1. The van der Waals surface area contributed by atoms with Crippen LogP contribution in [-0.2, 0) is 28.7 Å². The number of hydrogen-bond donors (Lipinski definition) is 1. The van der Waals surface area contributed by atoms with Gasteiger partial charge in [0.25, 0.3) is 0 Å². The molecular weight excluding hydrogens is 726 g/mol. The molecule has 10 nitrogen and oxygen atoms in total. The van der Waals surface area contributed by atoms with Gasteiger partial charge in [-0.1, -0.05) is 93.0 Å². The highest BCUT2D eigenvalue weighted by molar-refractivity contribution is 9.09. The fraction of sp³-hybridized carbons (Fsp3) is 0.659. The molecule has 4 rings (SSSR count). The molecule has 1 unspecified atom stereocenters. The summed E-state index contributed by atoms with van der Waals surface area (Å²) in [6.45, 7) is 23.6. The molecule has 3 amide bonds. The number of aliphatic hydroxyl groups excluding tert-OH is 1. The molecule has 52 heavy (non-hydrogen) atoms. The number of rotatable bonds is 16. The lowest BCUT2D eigenvalue weighted by Crippen LogP contribution is -2.63. The van der Waals surface area contributed by atoms with Crippen LogP contribution in [0.3, 0.4) is 0 Å². The molecule has 0 aliphatic carbocycles. The molecule has 1 aromatic carbocycles. The number of alkyl halides is 1. The van der Waals surface area contributed by atoms with Gasteiger partial charge in [-0.3, -0.25) is 19.2 Å². The molecule has 3 heterocycles. The summed E-state index contributed by atoms with van der Waals surface area (Å²) in [7, 11) is 1.69. The highest BCUT2D eigenvalue weighted by Gasteiger charge is 2.78. The van der Waals surface area contributed by atoms with E-state index in [9.17, 15) is 19.5 Å². The molecule has 1 aromatic rings. The van der Waals surface area contributed by atoms with Crippen molar-refractivity contribution in [3.05, 3.63) is 61.2 Å². The van der Waals surface area contributed by atoms with Gasteiger partial charge in [0.05, 0.1) is 36.6 Å². The second kappa shape index (κ2) is 16.1. The Kier molecular flexibility index (Phi) is 13.0. The maximum absolute atomic E-state index is 15.2. The largest absolute Gasteiger partial charge is 0.455 e. The number of carbonyl (C=O) groups is 4. The number of carbonyl (C=O) groups excluding carboxylic acids is 4. The third-order valence-electron chi connectivity index (χ3n) is 11.2. The van der Waals surface area contributed by atoms with Crippen LogP contribution in [0.1, 0.15) is 92.7 Å². The molecule has 0 saturated carbocycles. The van der Waals surface area contributed by atoms with Crippen LogP contribution in [0.25, 0.3) is 0 Å². The first kappa shape index (κ1) is 41.7. The van der Waals surface area contributed by atoms with Gasteiger partial charge in [-0.05, 0) is 56.9 Å². The van der Waals surface area contributed by atoms with Gasteiger partial charge < -0.3 is 29.3 Å². The third-order valence-corrected chi connectivity index (χ3v) is 12.0. The van der Waals surface area contributed by atoms with Crippen LogP contribution < -0.4 is 0 Å². The van der Waals surface area contributed by atoms with Gasteiger partial charge in [-0.25, -0.2) is 0 Å². The Hall–Kier alpha value is -3.02. The average Bonchev–Trinajstić information content (AvgIpc) is 3.66. The number of aliphatic hydroxyl groups is 1. The summed E-state index contributed by atoms with van der Waals surface area (Å²) in [6.07, 6.45) is 3.58. The lowest BCUT2D eigenvalue weighted by atomic mass is 9.70. The van der Waals surface area contributed by atoms with Gasteiger partial charge in [-0.2, -0.15) is 0 Å². The maximum atomic E-state index is 15.2. The fourth-order valence-corrected chi connectivity index (χ4v) is 9.97. The highest BCUT2D eigenvalue weighted by Crippen LogP contribution is 2.61. The van der Waals surface area contributed by atoms with Crippen LogP contribution in [-0.4, -0.2) is 104 Å². The van der Waals surface area contributed by atoms with Gasteiger partial charge in [0.15, 0.2) is 0 Å². The summed E-state index contributed by atoms with van der Waals surface area (Å²) in [6, 6.07) is 6.92. The van der Waals surface area contributed by atoms with Gasteiger partial charge in [-0.15, -0.1) is 13.2 Å². The average molecular weight is 787 g/mol. The zero-order chi connectivity index (χ0) is 38.9. The number of amides is 3. The minimum Gasteiger partial charge on any atom is -0.455 e. The number of allylic oxidation sites excluding steroid dienone is 1. The maximum Gasteiger partial charge on any atom is 0.313 e. The molecule has 288 valence electrons. The van der Waals surface area contributed by atoms with Crippen molar-refractivity contribution in [2.45, 2.75) is 127 Å². The van der Waals surface area contributed by atoms with E-state index in [-0.39, 0.29) is 47.5 Å². The number of halogens is 1. The molecule has 1 spiro atoms. The zero-order valence-electron chi connectivity index (χ0n) is 32.5. The van der Waals surface area contributed by atoms with Gasteiger partial charge in [0.1, 0.15) is 17.7 Å². The summed E-state index contributed by atoms with van der Waals surface area (Å²) >= 11 is 3.77. The number of hydrogen-bond acceptors (Lipinski definition) is 7. The highest BCUT2D eigenvalue weighted by atomic mass is 79.9. The van der Waals surface area contributed by atoms with Crippen molar-refractivity contribution in [2.24, 2.45) is 23.2 Å². The van der Waals surface area contributed by atoms with Crippen LogP contribution in [0.5, 0.6) is 0 Å². The van der Waals surface area contributed by atoms with E-state index in [1.54, 1.807) is 29.0 Å². The van der Waals surface area contributed by atoms with Crippen molar-refractivity contribution in [2.75, 3.05) is 20.2 Å². The van der Waals surface area contributed by atoms with Crippen molar-refractivity contribution < 1.29 is 33.8 Å². The van der Waals surface area contributed by atoms with Crippen molar-refractivity contribution in [3.63, 3.8) is 0 Å². The van der Waals surface area contributed by atoms with E-state index < -0.39 is 65.2 Å². The topological polar surface area (TPSA) is 117 Å². The number of nitrogens with zero attached hydrogens (tertiary/aromatic N) is 3. The molecule has 3 saturated heterocycles. The Bertz CT molecular complexity index is 1490. The molecule has 0 radical (unpaired) electrons. The summed E-state index contributed by atoms with van der Waals surface area (Å²) in [5, 5.41) is 10.7. The summed E-state index contributed by atoms with van der Waals surface area (Å²) in [5.41, 5.74) is -1.39. The van der Waals surface area contributed by atoms with Crippen LogP contribution >= 0.6 is 15.9 Å². The lowest BCUT2D eigenvalue weighted by molar-refractivity contribution is -0.165. The van der Waals surface area contributed by atoms with Crippen molar-refractivity contribution in [1.82, 2.24) is 14.7 Å². The number of esters is 1.